The van der Waals surface area contributed by atoms with Crippen LogP contribution < -0.4 is 5.32 Å². The Kier molecular flexibility index (Phi) is 3.65. The lowest BCUT2D eigenvalue weighted by Gasteiger charge is -2.07. The molecule has 0 bridgehead atoms. The number of nitrogens with one attached hydrogen (secondary N) is 1. The zero-order valence-corrected chi connectivity index (χ0v) is 10.9. The standard InChI is InChI=1S/C14H18FN3/c1-10(2)18-5-4-13(17-18)9-16-14-7-11(3)6-12(15)8-14/h4-8,10,16H,9H2,1-3H3. The molecule has 0 unspecified atom stereocenters. The molecule has 2 rings (SSSR count). The zero-order chi connectivity index (χ0) is 13.1. The van der Waals surface area contributed by atoms with Gasteiger partial charge >= 0.3 is 0 Å². The topological polar surface area (TPSA) is 29.9 Å². The van der Waals surface area contributed by atoms with Gasteiger partial charge < -0.3 is 5.32 Å². The van der Waals surface area contributed by atoms with Crippen molar-refractivity contribution >= 4 is 5.69 Å². The van der Waals surface area contributed by atoms with Gasteiger partial charge in [-0.15, -0.1) is 0 Å². The molecule has 2 aromatic rings. The van der Waals surface area contributed by atoms with E-state index in [1.165, 1.54) is 12.1 Å². The van der Waals surface area contributed by atoms with Gasteiger partial charge in [0.1, 0.15) is 5.82 Å². The van der Waals surface area contributed by atoms with E-state index in [9.17, 15) is 4.39 Å². The van der Waals surface area contributed by atoms with Gasteiger partial charge in [0.2, 0.25) is 0 Å². The quantitative estimate of drug-likeness (QED) is 0.895. The van der Waals surface area contributed by atoms with Crippen molar-refractivity contribution in [3.05, 3.63) is 47.5 Å². The molecule has 0 atom stereocenters. The van der Waals surface area contributed by atoms with Crippen LogP contribution in [-0.4, -0.2) is 9.78 Å². The van der Waals surface area contributed by atoms with Crippen LogP contribution in [0.1, 0.15) is 31.1 Å². The first-order valence-corrected chi connectivity index (χ1v) is 6.09. The Bertz CT molecular complexity index is 511. The monoisotopic (exact) mass is 247 g/mol. The van der Waals surface area contributed by atoms with E-state index in [1.807, 2.05) is 29.9 Å². The van der Waals surface area contributed by atoms with Crippen molar-refractivity contribution in [1.82, 2.24) is 9.78 Å². The molecule has 0 saturated heterocycles. The van der Waals surface area contributed by atoms with E-state index in [1.54, 1.807) is 0 Å². The van der Waals surface area contributed by atoms with E-state index in [4.69, 9.17) is 0 Å². The Hall–Kier alpha value is -1.84. The fraction of sp³-hybridized carbons (Fsp3) is 0.357. The first-order chi connectivity index (χ1) is 8.54. The van der Waals surface area contributed by atoms with Gasteiger partial charge in [-0.2, -0.15) is 5.10 Å². The maximum atomic E-state index is 13.2. The molecule has 1 N–H and O–H groups in total. The van der Waals surface area contributed by atoms with Crippen molar-refractivity contribution in [1.29, 1.82) is 0 Å². The van der Waals surface area contributed by atoms with Crippen molar-refractivity contribution in [3.8, 4) is 0 Å². The van der Waals surface area contributed by atoms with Crippen molar-refractivity contribution in [2.45, 2.75) is 33.4 Å². The lowest BCUT2D eigenvalue weighted by molar-refractivity contribution is 0.527. The lowest BCUT2D eigenvalue weighted by Crippen LogP contribution is -2.05. The lowest BCUT2D eigenvalue weighted by atomic mass is 10.2. The molecule has 0 spiro atoms. The van der Waals surface area contributed by atoms with E-state index in [0.29, 0.717) is 12.6 Å². The second-order valence-corrected chi connectivity index (χ2v) is 4.75. The molecule has 0 radical (unpaired) electrons. The van der Waals surface area contributed by atoms with Crippen LogP contribution in [0.3, 0.4) is 0 Å². The average molecular weight is 247 g/mol. The highest BCUT2D eigenvalue weighted by Crippen LogP contribution is 2.14. The predicted octanol–water partition coefficient (Wildman–Crippen LogP) is 3.52. The summed E-state index contributed by atoms with van der Waals surface area (Å²) in [6, 6.07) is 7.25. The Balaban J connectivity index is 2.02. The molecule has 1 aromatic heterocycles. The molecule has 0 aliphatic rings. The normalized spacial score (nSPS) is 10.9. The molecule has 1 aromatic carbocycles. The SMILES string of the molecule is Cc1cc(F)cc(NCc2ccn(C(C)C)n2)c1. The van der Waals surface area contributed by atoms with E-state index in [2.05, 4.69) is 24.3 Å². The second-order valence-electron chi connectivity index (χ2n) is 4.75. The van der Waals surface area contributed by atoms with Crippen molar-refractivity contribution in [2.24, 2.45) is 0 Å². The number of rotatable bonds is 4. The predicted molar refractivity (Wildman–Crippen MR) is 71.1 cm³/mol. The molecule has 0 fully saturated rings. The van der Waals surface area contributed by atoms with Crippen LogP contribution >= 0.6 is 0 Å². The third kappa shape index (κ3) is 3.09. The number of aryl methyl sites for hydroxylation is 1. The van der Waals surface area contributed by atoms with E-state index in [-0.39, 0.29) is 5.82 Å². The molecule has 0 aliphatic carbocycles. The highest BCUT2D eigenvalue weighted by molar-refractivity contribution is 5.46. The van der Waals surface area contributed by atoms with Gasteiger partial charge in [-0.3, -0.25) is 4.68 Å². The van der Waals surface area contributed by atoms with Crippen molar-refractivity contribution in [2.75, 3.05) is 5.32 Å². The minimum absolute atomic E-state index is 0.217. The zero-order valence-electron chi connectivity index (χ0n) is 10.9. The molecule has 0 saturated carbocycles. The summed E-state index contributed by atoms with van der Waals surface area (Å²) in [4.78, 5) is 0. The van der Waals surface area contributed by atoms with Gasteiger partial charge in [0.25, 0.3) is 0 Å². The van der Waals surface area contributed by atoms with Crippen molar-refractivity contribution < 1.29 is 4.39 Å². The summed E-state index contributed by atoms with van der Waals surface area (Å²) < 4.78 is 15.1. The largest absolute Gasteiger partial charge is 0.379 e. The summed E-state index contributed by atoms with van der Waals surface area (Å²) >= 11 is 0. The number of hydrogen-bond donors (Lipinski definition) is 1. The number of nitrogens with zero attached hydrogens (tertiary/aromatic N) is 2. The molecule has 0 aliphatic heterocycles. The van der Waals surface area contributed by atoms with Gasteiger partial charge in [-0.25, -0.2) is 4.39 Å². The van der Waals surface area contributed by atoms with Crippen LogP contribution in [0.4, 0.5) is 10.1 Å². The number of hydrogen-bond acceptors (Lipinski definition) is 2. The fourth-order valence-corrected chi connectivity index (χ4v) is 1.79. The van der Waals surface area contributed by atoms with Gasteiger partial charge in [0.05, 0.1) is 12.2 Å². The summed E-state index contributed by atoms with van der Waals surface area (Å²) in [5.74, 6) is -0.217. The summed E-state index contributed by atoms with van der Waals surface area (Å²) in [6.07, 6.45) is 1.96. The van der Waals surface area contributed by atoms with Gasteiger partial charge in [-0.1, -0.05) is 0 Å². The van der Waals surface area contributed by atoms with Gasteiger partial charge in [-0.05, 0) is 50.6 Å². The van der Waals surface area contributed by atoms with Crippen LogP contribution in [0.15, 0.2) is 30.5 Å². The maximum Gasteiger partial charge on any atom is 0.125 e. The third-order valence-electron chi connectivity index (χ3n) is 2.71. The molecule has 18 heavy (non-hydrogen) atoms. The Morgan fingerprint density at radius 3 is 2.72 bits per heavy atom. The first kappa shape index (κ1) is 12.6. The average Bonchev–Trinajstić information content (AvgIpc) is 2.73. The van der Waals surface area contributed by atoms with Crippen LogP contribution in [-0.2, 0) is 6.54 Å². The minimum atomic E-state index is -0.217. The van der Waals surface area contributed by atoms with E-state index in [0.717, 1.165) is 16.9 Å². The fourth-order valence-electron chi connectivity index (χ4n) is 1.79. The van der Waals surface area contributed by atoms with Crippen LogP contribution in [0, 0.1) is 12.7 Å². The summed E-state index contributed by atoms with van der Waals surface area (Å²) in [7, 11) is 0. The summed E-state index contributed by atoms with van der Waals surface area (Å²) in [5, 5.41) is 7.61. The van der Waals surface area contributed by atoms with Gasteiger partial charge in [0.15, 0.2) is 0 Å². The van der Waals surface area contributed by atoms with Crippen LogP contribution in [0.25, 0.3) is 0 Å². The molecular weight excluding hydrogens is 229 g/mol. The Labute approximate surface area is 107 Å². The number of benzene rings is 1. The Morgan fingerprint density at radius 2 is 2.11 bits per heavy atom. The van der Waals surface area contributed by atoms with Gasteiger partial charge in [0, 0.05) is 17.9 Å². The minimum Gasteiger partial charge on any atom is -0.379 e. The van der Waals surface area contributed by atoms with E-state index < -0.39 is 0 Å². The molecule has 1 heterocycles. The highest BCUT2D eigenvalue weighted by Gasteiger charge is 2.03. The molecule has 4 heteroatoms. The van der Waals surface area contributed by atoms with Crippen LogP contribution in [0.2, 0.25) is 0 Å². The summed E-state index contributed by atoms with van der Waals surface area (Å²) in [6.45, 7) is 6.64. The first-order valence-electron chi connectivity index (χ1n) is 6.09. The number of aromatic nitrogens is 2. The molecule has 3 nitrogen and oxygen atoms in total. The van der Waals surface area contributed by atoms with Crippen molar-refractivity contribution in [3.63, 3.8) is 0 Å². The molecular formula is C14H18FN3. The number of anilines is 1. The number of halogens is 1. The second kappa shape index (κ2) is 5.21. The Morgan fingerprint density at radius 1 is 1.33 bits per heavy atom. The smallest absolute Gasteiger partial charge is 0.125 e. The van der Waals surface area contributed by atoms with Crippen LogP contribution in [0.5, 0.6) is 0 Å². The third-order valence-corrected chi connectivity index (χ3v) is 2.71. The molecule has 0 amide bonds. The molecule has 96 valence electrons. The maximum absolute atomic E-state index is 13.2. The van der Waals surface area contributed by atoms with E-state index >= 15 is 0 Å². The summed E-state index contributed by atoms with van der Waals surface area (Å²) in [5.41, 5.74) is 2.64. The highest BCUT2D eigenvalue weighted by atomic mass is 19.1.